The van der Waals surface area contributed by atoms with Crippen LogP contribution in [-0.4, -0.2) is 6.71 Å². The fourth-order valence-corrected chi connectivity index (χ4v) is 12.6. The van der Waals surface area contributed by atoms with Crippen LogP contribution in [0.15, 0.2) is 194 Å². The van der Waals surface area contributed by atoms with Crippen LogP contribution in [0.4, 0.5) is 51.2 Å². The number of nitrogens with zero attached hydrogens (tertiary/aromatic N) is 3. The largest absolute Gasteiger partial charge is 0.311 e. The summed E-state index contributed by atoms with van der Waals surface area (Å²) in [4.78, 5) is 7.73. The van der Waals surface area contributed by atoms with Gasteiger partial charge in [-0.15, -0.1) is 0 Å². The summed E-state index contributed by atoms with van der Waals surface area (Å²) in [6.07, 6.45) is 0. The van der Waals surface area contributed by atoms with E-state index >= 15 is 0 Å². The Morgan fingerprint density at radius 3 is 1.56 bits per heavy atom. The van der Waals surface area contributed by atoms with E-state index in [2.05, 4.69) is 306 Å². The molecule has 0 unspecified atom stereocenters. The number of hydrogen-bond donors (Lipinski definition) is 0. The highest BCUT2D eigenvalue weighted by Crippen LogP contribution is 2.53. The summed E-state index contributed by atoms with van der Waals surface area (Å²) >= 11 is 0. The highest BCUT2D eigenvalue weighted by atomic mass is 15.2. The van der Waals surface area contributed by atoms with E-state index in [0.717, 1.165) is 22.7 Å². The molecule has 0 aromatic heterocycles. The van der Waals surface area contributed by atoms with Crippen molar-refractivity contribution < 1.29 is 0 Å². The average molecular weight is 1000 g/mol. The van der Waals surface area contributed by atoms with Gasteiger partial charge in [0.05, 0.1) is 5.69 Å². The Balaban J connectivity index is 1.18. The normalized spacial score (nSPS) is 14.4. The molecule has 77 heavy (non-hydrogen) atoms. The van der Waals surface area contributed by atoms with Crippen LogP contribution >= 0.6 is 0 Å². The molecule has 12 rings (SSSR count). The number of anilines is 9. The number of hydrogen-bond acceptors (Lipinski definition) is 3. The van der Waals surface area contributed by atoms with E-state index in [1.165, 1.54) is 100 Å². The zero-order valence-electron chi connectivity index (χ0n) is 47.9. The van der Waals surface area contributed by atoms with E-state index in [-0.39, 0.29) is 33.8 Å². The van der Waals surface area contributed by atoms with Gasteiger partial charge in [-0.25, -0.2) is 0 Å². The second-order valence-corrected chi connectivity index (χ2v) is 26.8. The minimum atomic E-state index is -0.187. The van der Waals surface area contributed by atoms with Gasteiger partial charge in [-0.2, -0.15) is 0 Å². The molecule has 3 aliphatic rings. The molecule has 1 aliphatic carbocycles. The highest BCUT2D eigenvalue weighted by molar-refractivity contribution is 7.00. The lowest BCUT2D eigenvalue weighted by molar-refractivity contribution is 0.589. The predicted molar refractivity (Wildman–Crippen MR) is 333 cm³/mol. The van der Waals surface area contributed by atoms with Crippen molar-refractivity contribution in [1.82, 2.24) is 0 Å². The Labute approximate surface area is 460 Å². The number of fused-ring (bicyclic) bond motifs is 7. The predicted octanol–water partition coefficient (Wildman–Crippen LogP) is 18.4. The van der Waals surface area contributed by atoms with E-state index in [1.807, 2.05) is 0 Å². The lowest BCUT2D eigenvalue weighted by Crippen LogP contribution is -2.61. The summed E-state index contributed by atoms with van der Waals surface area (Å²) in [6, 6.07) is 74.6. The molecule has 0 spiro atoms. The molecular formula is C73H74BN3. The lowest BCUT2D eigenvalue weighted by atomic mass is 9.33. The number of para-hydroxylation sites is 1. The van der Waals surface area contributed by atoms with Gasteiger partial charge in [0.25, 0.3) is 6.71 Å². The van der Waals surface area contributed by atoms with Crippen LogP contribution in [0.3, 0.4) is 0 Å². The van der Waals surface area contributed by atoms with E-state index in [9.17, 15) is 0 Å². The maximum Gasteiger partial charge on any atom is 0.252 e. The molecule has 0 bridgehead atoms. The molecule has 384 valence electrons. The van der Waals surface area contributed by atoms with Crippen LogP contribution in [-0.2, 0) is 27.1 Å². The SMILES string of the molecule is CC(C)(C)c1ccc(N2c3ccc(C(C)(C)C)cc3B3c4ccc(N(c5ccccc5)c5ccc(C(C)(C)C)cc5-c5ccccc5)cc4N(c4ccc5c(c4)C(C)(C)c4ccccc4-5)c4cc(C(C)(C)C)cc2c43)cc1. The van der Waals surface area contributed by atoms with Crippen molar-refractivity contribution in [2.24, 2.45) is 0 Å². The van der Waals surface area contributed by atoms with Crippen LogP contribution in [0.5, 0.6) is 0 Å². The molecule has 3 nitrogen and oxygen atoms in total. The zero-order chi connectivity index (χ0) is 54.1. The molecule has 0 saturated heterocycles. The van der Waals surface area contributed by atoms with Gasteiger partial charge in [0, 0.05) is 56.5 Å². The van der Waals surface area contributed by atoms with Crippen LogP contribution in [0.1, 0.15) is 130 Å². The monoisotopic (exact) mass is 1000 g/mol. The Morgan fingerprint density at radius 1 is 0.364 bits per heavy atom. The van der Waals surface area contributed by atoms with E-state index in [1.54, 1.807) is 0 Å². The zero-order valence-corrected chi connectivity index (χ0v) is 47.9. The first-order valence-electron chi connectivity index (χ1n) is 28.0. The molecule has 0 fully saturated rings. The first-order chi connectivity index (χ1) is 36.5. The van der Waals surface area contributed by atoms with Gasteiger partial charge in [-0.1, -0.05) is 212 Å². The van der Waals surface area contributed by atoms with E-state index < -0.39 is 0 Å². The van der Waals surface area contributed by atoms with Gasteiger partial charge in [0.1, 0.15) is 0 Å². The van der Waals surface area contributed by atoms with Crippen LogP contribution < -0.4 is 31.1 Å². The molecule has 0 atom stereocenters. The summed E-state index contributed by atoms with van der Waals surface area (Å²) in [7, 11) is 0. The third-order valence-corrected chi connectivity index (χ3v) is 17.1. The minimum absolute atomic E-state index is 0.0281. The highest BCUT2D eigenvalue weighted by Gasteiger charge is 2.46. The Hall–Kier alpha value is -7.56. The number of benzene rings is 9. The van der Waals surface area contributed by atoms with Gasteiger partial charge in [-0.3, -0.25) is 0 Å². The van der Waals surface area contributed by atoms with Crippen LogP contribution in [0.25, 0.3) is 22.3 Å². The molecular weight excluding hydrogens is 930 g/mol. The topological polar surface area (TPSA) is 9.72 Å². The van der Waals surface area contributed by atoms with Crippen molar-refractivity contribution in [3.8, 4) is 22.3 Å². The van der Waals surface area contributed by atoms with Gasteiger partial charge >= 0.3 is 0 Å². The van der Waals surface area contributed by atoms with Crippen molar-refractivity contribution in [2.45, 2.75) is 124 Å². The molecule has 0 amide bonds. The van der Waals surface area contributed by atoms with Crippen LogP contribution in [0, 0.1) is 0 Å². The summed E-state index contributed by atoms with van der Waals surface area (Å²) in [5.41, 5.74) is 27.1. The smallest absolute Gasteiger partial charge is 0.252 e. The second kappa shape index (κ2) is 17.7. The Kier molecular flexibility index (Phi) is 11.6. The Bertz CT molecular complexity index is 3760. The van der Waals surface area contributed by atoms with Crippen LogP contribution in [0.2, 0.25) is 0 Å². The maximum absolute atomic E-state index is 2.65. The lowest BCUT2D eigenvalue weighted by Gasteiger charge is -2.46. The molecule has 9 aromatic carbocycles. The van der Waals surface area contributed by atoms with Gasteiger partial charge in [-0.05, 0) is 167 Å². The van der Waals surface area contributed by atoms with Crippen molar-refractivity contribution >= 4 is 74.3 Å². The standard InChI is InChI=1S/C73H74BN3/c1-69(2,3)48-29-33-53(34-30-48)76-64-40-32-50(71(7,8)9)42-62(64)74-61-38-36-55(75(52-25-19-16-20-26-52)63-39-31-49(70(4,5)6)41-58(63)47-23-17-15-18-24-47)46-65(61)77(67-44-51(72(10,11)12)43-66(76)68(67)74)54-35-37-57-56-27-21-22-28-59(56)73(13,14)60(57)45-54/h15-46H,1-14H3. The summed E-state index contributed by atoms with van der Waals surface area (Å²) in [5, 5.41) is 0. The van der Waals surface area contributed by atoms with Crippen molar-refractivity contribution in [2.75, 3.05) is 14.7 Å². The van der Waals surface area contributed by atoms with Gasteiger partial charge < -0.3 is 14.7 Å². The van der Waals surface area contributed by atoms with Gasteiger partial charge in [0.2, 0.25) is 0 Å². The molecule has 2 aliphatic heterocycles. The fourth-order valence-electron chi connectivity index (χ4n) is 12.6. The van der Waals surface area contributed by atoms with E-state index in [0.29, 0.717) is 0 Å². The van der Waals surface area contributed by atoms with E-state index in [4.69, 9.17) is 0 Å². The fraction of sp³-hybridized carbons (Fsp3) is 0.260. The molecule has 0 N–H and O–H groups in total. The number of rotatable bonds is 6. The molecule has 2 heterocycles. The maximum atomic E-state index is 2.65. The van der Waals surface area contributed by atoms with Gasteiger partial charge in [0.15, 0.2) is 0 Å². The quantitative estimate of drug-likeness (QED) is 0.154. The molecule has 0 saturated carbocycles. The first-order valence-corrected chi connectivity index (χ1v) is 28.0. The summed E-state index contributed by atoms with van der Waals surface area (Å²) in [5.74, 6) is 0. The van der Waals surface area contributed by atoms with Crippen molar-refractivity contribution in [1.29, 1.82) is 0 Å². The molecule has 9 aromatic rings. The summed E-state index contributed by atoms with van der Waals surface area (Å²) < 4.78 is 0. The Morgan fingerprint density at radius 2 is 0.909 bits per heavy atom. The van der Waals surface area contributed by atoms with Crippen molar-refractivity contribution in [3.63, 3.8) is 0 Å². The molecule has 4 heteroatoms. The van der Waals surface area contributed by atoms with Crippen molar-refractivity contribution in [3.05, 3.63) is 228 Å². The second-order valence-electron chi connectivity index (χ2n) is 26.8. The summed E-state index contributed by atoms with van der Waals surface area (Å²) in [6.45, 7) is 32.8. The third-order valence-electron chi connectivity index (χ3n) is 17.1. The third kappa shape index (κ3) is 8.42. The molecule has 0 radical (unpaired) electrons. The first kappa shape index (κ1) is 50.3. The average Bonchev–Trinajstić information content (AvgIpc) is 3.64. The minimum Gasteiger partial charge on any atom is -0.311 e.